The van der Waals surface area contributed by atoms with Crippen LogP contribution in [0.3, 0.4) is 0 Å². The van der Waals surface area contributed by atoms with Gasteiger partial charge in [-0.3, -0.25) is 4.79 Å². The van der Waals surface area contributed by atoms with Gasteiger partial charge in [0.2, 0.25) is 10.0 Å². The van der Waals surface area contributed by atoms with Crippen molar-refractivity contribution in [3.63, 3.8) is 0 Å². The topological polar surface area (TPSA) is 77.4 Å². The average molecular weight is 443 g/mol. The smallest absolute Gasteiger partial charge is 0.250 e. The van der Waals surface area contributed by atoms with E-state index in [0.717, 1.165) is 4.47 Å². The van der Waals surface area contributed by atoms with E-state index in [1.807, 2.05) is 13.8 Å². The number of hydrogen-bond acceptors (Lipinski definition) is 4. The van der Waals surface area contributed by atoms with Crippen LogP contribution in [0.15, 0.2) is 56.8 Å². The largest absolute Gasteiger partial charge is 0.491 e. The number of benzene rings is 1. The number of rotatable bonds is 9. The maximum atomic E-state index is 12.3. The van der Waals surface area contributed by atoms with Crippen LogP contribution in [0.5, 0.6) is 5.75 Å². The van der Waals surface area contributed by atoms with Gasteiger partial charge in [-0.25, -0.2) is 13.1 Å². The molecule has 0 atom stereocenters. The van der Waals surface area contributed by atoms with Crippen LogP contribution in [0.4, 0.5) is 0 Å². The summed E-state index contributed by atoms with van der Waals surface area (Å²) in [6.07, 6.45) is 3.09. The number of unbranched alkanes of at least 4 members (excludes halogenated alkanes) is 1. The van der Waals surface area contributed by atoms with Crippen LogP contribution < -0.4 is 15.0 Å². The summed E-state index contributed by atoms with van der Waals surface area (Å²) in [7, 11) is -3.55. The van der Waals surface area contributed by atoms with E-state index in [1.165, 1.54) is 18.2 Å². The Bertz CT molecular complexity index is 877. The van der Waals surface area contributed by atoms with E-state index in [-0.39, 0.29) is 16.6 Å². The first kappa shape index (κ1) is 20.7. The second-order valence-corrected chi connectivity index (χ2v) is 8.80. The predicted octanol–water partition coefficient (Wildman–Crippen LogP) is 3.16. The molecular weight excluding hydrogens is 420 g/mol. The molecule has 1 aromatic carbocycles. The number of halogens is 1. The number of pyridine rings is 1. The summed E-state index contributed by atoms with van der Waals surface area (Å²) >= 11 is 3.33. The minimum absolute atomic E-state index is 0.0355. The summed E-state index contributed by atoms with van der Waals surface area (Å²) in [6.45, 7) is 4.68. The van der Waals surface area contributed by atoms with Crippen molar-refractivity contribution in [1.29, 1.82) is 0 Å². The lowest BCUT2D eigenvalue weighted by Crippen LogP contribution is -2.25. The van der Waals surface area contributed by atoms with E-state index < -0.39 is 10.0 Å². The summed E-state index contributed by atoms with van der Waals surface area (Å²) in [5.74, 6) is 0.637. The second-order valence-electron chi connectivity index (χ2n) is 6.12. The minimum Gasteiger partial charge on any atom is -0.491 e. The van der Waals surface area contributed by atoms with Crippen molar-refractivity contribution in [2.24, 2.45) is 0 Å². The van der Waals surface area contributed by atoms with Crippen molar-refractivity contribution in [2.45, 2.75) is 44.2 Å². The third-order valence-electron chi connectivity index (χ3n) is 3.57. The van der Waals surface area contributed by atoms with Gasteiger partial charge in [-0.05, 0) is 73.0 Å². The Morgan fingerprint density at radius 2 is 1.81 bits per heavy atom. The van der Waals surface area contributed by atoms with Gasteiger partial charge in [-0.2, -0.15) is 0 Å². The van der Waals surface area contributed by atoms with E-state index in [0.29, 0.717) is 31.7 Å². The van der Waals surface area contributed by atoms with Gasteiger partial charge in [0.15, 0.2) is 0 Å². The van der Waals surface area contributed by atoms with Crippen LogP contribution in [-0.4, -0.2) is 25.6 Å². The average Bonchev–Trinajstić information content (AvgIpc) is 2.57. The van der Waals surface area contributed by atoms with Gasteiger partial charge in [-0.1, -0.05) is 0 Å². The predicted molar refractivity (Wildman–Crippen MR) is 105 cm³/mol. The molecule has 6 nitrogen and oxygen atoms in total. The zero-order chi connectivity index (χ0) is 19.2. The fourth-order valence-electron chi connectivity index (χ4n) is 2.34. The van der Waals surface area contributed by atoms with Gasteiger partial charge in [0.05, 0.1) is 11.0 Å². The first-order chi connectivity index (χ1) is 12.3. The molecule has 1 heterocycles. The molecule has 26 heavy (non-hydrogen) atoms. The monoisotopic (exact) mass is 442 g/mol. The summed E-state index contributed by atoms with van der Waals surface area (Å²) in [5.41, 5.74) is -0.0718. The van der Waals surface area contributed by atoms with Gasteiger partial charge in [-0.15, -0.1) is 0 Å². The van der Waals surface area contributed by atoms with Crippen molar-refractivity contribution >= 4 is 26.0 Å². The molecule has 1 aromatic heterocycles. The molecule has 1 N–H and O–H groups in total. The molecule has 0 amide bonds. The zero-order valence-electron chi connectivity index (χ0n) is 14.8. The maximum Gasteiger partial charge on any atom is 0.250 e. The Labute approximate surface area is 162 Å². The molecule has 0 saturated heterocycles. The van der Waals surface area contributed by atoms with E-state index >= 15 is 0 Å². The molecule has 2 rings (SSSR count). The lowest BCUT2D eigenvalue weighted by atomic mass is 10.3. The number of nitrogens with one attached hydrogen (secondary N) is 1. The van der Waals surface area contributed by atoms with Crippen LogP contribution in [0.1, 0.15) is 26.7 Å². The Morgan fingerprint density at radius 3 is 2.46 bits per heavy atom. The highest BCUT2D eigenvalue weighted by atomic mass is 79.9. The van der Waals surface area contributed by atoms with Gasteiger partial charge < -0.3 is 9.30 Å². The highest BCUT2D eigenvalue weighted by Crippen LogP contribution is 2.17. The number of aromatic nitrogens is 1. The normalized spacial score (nSPS) is 11.7. The SMILES string of the molecule is CC(C)Oc1ccc(S(=O)(=O)NCCCCn2cc(Br)ccc2=O)cc1. The Kier molecular flexibility index (Phi) is 7.43. The number of nitrogens with zero attached hydrogens (tertiary/aromatic N) is 1. The van der Waals surface area contributed by atoms with E-state index in [4.69, 9.17) is 4.74 Å². The number of hydrogen-bond donors (Lipinski definition) is 1. The Hall–Kier alpha value is -1.64. The van der Waals surface area contributed by atoms with Gasteiger partial charge >= 0.3 is 0 Å². The first-order valence-electron chi connectivity index (χ1n) is 8.40. The standard InChI is InChI=1S/C18H23BrN2O4S/c1-14(2)25-16-6-8-17(9-7-16)26(23,24)20-11-3-4-12-21-13-15(19)5-10-18(21)22/h5-10,13-14,20H,3-4,11-12H2,1-2H3. The van der Waals surface area contributed by atoms with Crippen LogP contribution >= 0.6 is 15.9 Å². The fraction of sp³-hybridized carbons (Fsp3) is 0.389. The molecule has 2 aromatic rings. The Balaban J connectivity index is 1.82. The Morgan fingerprint density at radius 1 is 1.12 bits per heavy atom. The molecular formula is C18H23BrN2O4S. The van der Waals surface area contributed by atoms with Crippen molar-refractivity contribution in [2.75, 3.05) is 6.54 Å². The highest BCUT2D eigenvalue weighted by Gasteiger charge is 2.13. The van der Waals surface area contributed by atoms with Crippen LogP contribution in [-0.2, 0) is 16.6 Å². The molecule has 0 aliphatic carbocycles. The molecule has 0 aliphatic rings. The molecule has 0 unspecified atom stereocenters. The van der Waals surface area contributed by atoms with E-state index in [1.54, 1.807) is 29.0 Å². The molecule has 142 valence electrons. The fourth-order valence-corrected chi connectivity index (χ4v) is 3.80. The van der Waals surface area contributed by atoms with E-state index in [2.05, 4.69) is 20.7 Å². The van der Waals surface area contributed by atoms with Crippen molar-refractivity contribution in [1.82, 2.24) is 9.29 Å². The molecule has 0 saturated carbocycles. The number of ether oxygens (including phenoxy) is 1. The first-order valence-corrected chi connectivity index (χ1v) is 10.7. The van der Waals surface area contributed by atoms with Crippen molar-refractivity contribution in [3.05, 3.63) is 57.4 Å². The maximum absolute atomic E-state index is 12.3. The summed E-state index contributed by atoms with van der Waals surface area (Å²) in [4.78, 5) is 11.9. The molecule has 8 heteroatoms. The molecule has 0 bridgehead atoms. The van der Waals surface area contributed by atoms with Crippen molar-refractivity contribution < 1.29 is 13.2 Å². The third-order valence-corrected chi connectivity index (χ3v) is 5.52. The summed E-state index contributed by atoms with van der Waals surface area (Å²) < 4.78 is 35.1. The van der Waals surface area contributed by atoms with Crippen LogP contribution in [0.2, 0.25) is 0 Å². The lowest BCUT2D eigenvalue weighted by Gasteiger charge is -2.11. The molecule has 0 fully saturated rings. The van der Waals surface area contributed by atoms with Gasteiger partial charge in [0.1, 0.15) is 5.75 Å². The molecule has 0 aliphatic heterocycles. The quantitative estimate of drug-likeness (QED) is 0.604. The number of aryl methyl sites for hydroxylation is 1. The number of sulfonamides is 1. The highest BCUT2D eigenvalue weighted by molar-refractivity contribution is 9.10. The third kappa shape index (κ3) is 6.26. The zero-order valence-corrected chi connectivity index (χ0v) is 17.2. The van der Waals surface area contributed by atoms with Gasteiger partial charge in [0, 0.05) is 29.8 Å². The second kappa shape index (κ2) is 9.34. The van der Waals surface area contributed by atoms with Crippen molar-refractivity contribution in [3.8, 4) is 5.75 Å². The van der Waals surface area contributed by atoms with Crippen LogP contribution in [0, 0.1) is 0 Å². The van der Waals surface area contributed by atoms with Crippen LogP contribution in [0.25, 0.3) is 0 Å². The summed E-state index contributed by atoms with van der Waals surface area (Å²) in [5, 5.41) is 0. The molecule has 0 radical (unpaired) electrons. The molecule has 0 spiro atoms. The van der Waals surface area contributed by atoms with E-state index in [9.17, 15) is 13.2 Å². The lowest BCUT2D eigenvalue weighted by molar-refractivity contribution is 0.242. The summed E-state index contributed by atoms with van der Waals surface area (Å²) in [6, 6.07) is 9.55. The minimum atomic E-state index is -3.55. The van der Waals surface area contributed by atoms with Gasteiger partial charge in [0.25, 0.3) is 5.56 Å².